The SMILES string of the molecule is C=CC(C=C)=C(C)C(=O)OC. The summed E-state index contributed by atoms with van der Waals surface area (Å²) >= 11 is 0. The number of carbonyl (C=O) groups is 1. The van der Waals surface area contributed by atoms with Gasteiger partial charge in [0, 0.05) is 5.57 Å². The third kappa shape index (κ3) is 2.42. The van der Waals surface area contributed by atoms with Crippen LogP contribution in [0.2, 0.25) is 0 Å². The third-order valence-corrected chi connectivity index (χ3v) is 1.36. The molecule has 0 rings (SSSR count). The molecular weight excluding hydrogens is 140 g/mol. The molecule has 0 radical (unpaired) electrons. The molecule has 0 aliphatic carbocycles. The highest BCUT2D eigenvalue weighted by Gasteiger charge is 2.05. The summed E-state index contributed by atoms with van der Waals surface area (Å²) in [5.41, 5.74) is 1.23. The predicted molar refractivity (Wildman–Crippen MR) is 45.1 cm³/mol. The number of ether oxygens (including phenoxy) is 1. The molecule has 0 aliphatic heterocycles. The van der Waals surface area contributed by atoms with Crippen molar-refractivity contribution in [2.24, 2.45) is 0 Å². The van der Waals surface area contributed by atoms with Gasteiger partial charge < -0.3 is 4.74 Å². The second-order valence-electron chi connectivity index (χ2n) is 1.98. The van der Waals surface area contributed by atoms with E-state index in [0.29, 0.717) is 11.1 Å². The second-order valence-corrected chi connectivity index (χ2v) is 1.98. The van der Waals surface area contributed by atoms with Gasteiger partial charge in [0.25, 0.3) is 0 Å². The monoisotopic (exact) mass is 152 g/mol. The maximum Gasteiger partial charge on any atom is 0.334 e. The van der Waals surface area contributed by atoms with Crippen LogP contribution in [-0.2, 0) is 9.53 Å². The summed E-state index contributed by atoms with van der Waals surface area (Å²) in [6, 6.07) is 0. The first kappa shape index (κ1) is 9.69. The quantitative estimate of drug-likeness (QED) is 0.350. The lowest BCUT2D eigenvalue weighted by Crippen LogP contribution is -2.03. The lowest BCUT2D eigenvalue weighted by atomic mass is 10.1. The van der Waals surface area contributed by atoms with Crippen LogP contribution < -0.4 is 0 Å². The number of hydrogen-bond donors (Lipinski definition) is 0. The van der Waals surface area contributed by atoms with Crippen molar-refractivity contribution < 1.29 is 9.53 Å². The fourth-order valence-corrected chi connectivity index (χ4v) is 0.660. The molecule has 0 bridgehead atoms. The Bertz CT molecular complexity index is 202. The average Bonchev–Trinajstić information content (AvgIpc) is 2.05. The van der Waals surface area contributed by atoms with E-state index in [1.165, 1.54) is 7.11 Å². The minimum Gasteiger partial charge on any atom is -0.466 e. The number of esters is 1. The Morgan fingerprint density at radius 1 is 1.36 bits per heavy atom. The Kier molecular flexibility index (Phi) is 3.96. The average molecular weight is 152 g/mol. The maximum absolute atomic E-state index is 10.9. The highest BCUT2D eigenvalue weighted by atomic mass is 16.5. The van der Waals surface area contributed by atoms with Crippen molar-refractivity contribution in [1.29, 1.82) is 0 Å². The van der Waals surface area contributed by atoms with Crippen molar-refractivity contribution in [3.05, 3.63) is 36.5 Å². The Balaban J connectivity index is 4.74. The van der Waals surface area contributed by atoms with E-state index in [1.54, 1.807) is 19.1 Å². The molecule has 0 amide bonds. The second kappa shape index (κ2) is 4.50. The Morgan fingerprint density at radius 3 is 2.09 bits per heavy atom. The molecule has 0 saturated carbocycles. The Labute approximate surface area is 66.9 Å². The maximum atomic E-state index is 10.9. The van der Waals surface area contributed by atoms with Crippen molar-refractivity contribution in [2.45, 2.75) is 6.92 Å². The van der Waals surface area contributed by atoms with E-state index in [0.717, 1.165) is 0 Å². The van der Waals surface area contributed by atoms with Crippen LogP contribution >= 0.6 is 0 Å². The smallest absolute Gasteiger partial charge is 0.334 e. The Morgan fingerprint density at radius 2 is 1.82 bits per heavy atom. The minimum atomic E-state index is -0.347. The van der Waals surface area contributed by atoms with Gasteiger partial charge in [-0.15, -0.1) is 0 Å². The zero-order chi connectivity index (χ0) is 8.85. The van der Waals surface area contributed by atoms with Crippen LogP contribution in [0, 0.1) is 0 Å². The molecule has 0 N–H and O–H groups in total. The standard InChI is InChI=1S/C9H12O2/c1-5-8(6-2)7(3)9(10)11-4/h5-6H,1-2H2,3-4H3. The fraction of sp³-hybridized carbons (Fsp3) is 0.222. The number of carbonyl (C=O) groups excluding carboxylic acids is 1. The minimum absolute atomic E-state index is 0.347. The van der Waals surface area contributed by atoms with Crippen molar-refractivity contribution >= 4 is 5.97 Å². The van der Waals surface area contributed by atoms with Gasteiger partial charge in [-0.1, -0.05) is 25.3 Å². The van der Waals surface area contributed by atoms with E-state index < -0.39 is 0 Å². The van der Waals surface area contributed by atoms with Gasteiger partial charge in [-0.2, -0.15) is 0 Å². The molecule has 0 atom stereocenters. The molecule has 2 nitrogen and oxygen atoms in total. The van der Waals surface area contributed by atoms with Gasteiger partial charge in [-0.3, -0.25) is 0 Å². The van der Waals surface area contributed by atoms with Crippen LogP contribution in [-0.4, -0.2) is 13.1 Å². The van der Waals surface area contributed by atoms with Crippen molar-refractivity contribution in [3.63, 3.8) is 0 Å². The zero-order valence-corrected chi connectivity index (χ0v) is 6.89. The van der Waals surface area contributed by atoms with E-state index in [9.17, 15) is 4.79 Å². The van der Waals surface area contributed by atoms with E-state index >= 15 is 0 Å². The summed E-state index contributed by atoms with van der Waals surface area (Å²) in [6.45, 7) is 8.74. The number of hydrogen-bond acceptors (Lipinski definition) is 2. The normalized spacial score (nSPS) is 8.18. The molecule has 0 saturated heterocycles. The van der Waals surface area contributed by atoms with Crippen LogP contribution in [0.3, 0.4) is 0 Å². The van der Waals surface area contributed by atoms with Gasteiger partial charge in [0.2, 0.25) is 0 Å². The van der Waals surface area contributed by atoms with Crippen molar-refractivity contribution in [3.8, 4) is 0 Å². The molecule has 0 heterocycles. The first-order valence-electron chi connectivity index (χ1n) is 3.21. The van der Waals surface area contributed by atoms with Gasteiger partial charge >= 0.3 is 5.97 Å². The summed E-state index contributed by atoms with van der Waals surface area (Å²) in [7, 11) is 1.34. The lowest BCUT2D eigenvalue weighted by molar-refractivity contribution is -0.136. The molecule has 0 aromatic rings. The molecule has 0 aromatic carbocycles. The molecule has 60 valence electrons. The van der Waals surface area contributed by atoms with Gasteiger partial charge in [-0.25, -0.2) is 4.79 Å². The van der Waals surface area contributed by atoms with E-state index in [4.69, 9.17) is 0 Å². The molecule has 2 heteroatoms. The van der Waals surface area contributed by atoms with E-state index in [2.05, 4.69) is 17.9 Å². The van der Waals surface area contributed by atoms with Gasteiger partial charge in [0.05, 0.1) is 7.11 Å². The zero-order valence-electron chi connectivity index (χ0n) is 6.89. The number of rotatable bonds is 3. The first-order valence-corrected chi connectivity index (χ1v) is 3.21. The van der Waals surface area contributed by atoms with Gasteiger partial charge in [-0.05, 0) is 12.5 Å². The molecule has 11 heavy (non-hydrogen) atoms. The van der Waals surface area contributed by atoms with Crippen LogP contribution in [0.4, 0.5) is 0 Å². The van der Waals surface area contributed by atoms with Crippen LogP contribution in [0.25, 0.3) is 0 Å². The molecular formula is C9H12O2. The van der Waals surface area contributed by atoms with E-state index in [1.807, 2.05) is 0 Å². The predicted octanol–water partition coefficient (Wildman–Crippen LogP) is 1.85. The van der Waals surface area contributed by atoms with Gasteiger partial charge in [0.1, 0.15) is 0 Å². The third-order valence-electron chi connectivity index (χ3n) is 1.36. The largest absolute Gasteiger partial charge is 0.466 e. The number of methoxy groups -OCH3 is 1. The van der Waals surface area contributed by atoms with Crippen LogP contribution in [0.5, 0.6) is 0 Å². The van der Waals surface area contributed by atoms with E-state index in [-0.39, 0.29) is 5.97 Å². The van der Waals surface area contributed by atoms with Crippen LogP contribution in [0.1, 0.15) is 6.92 Å². The van der Waals surface area contributed by atoms with Crippen molar-refractivity contribution in [2.75, 3.05) is 7.11 Å². The van der Waals surface area contributed by atoms with Gasteiger partial charge in [0.15, 0.2) is 0 Å². The lowest BCUT2D eigenvalue weighted by Gasteiger charge is -2.00. The summed E-state index contributed by atoms with van der Waals surface area (Å²) < 4.78 is 4.50. The first-order chi connectivity index (χ1) is 5.17. The number of allylic oxidation sites excluding steroid dienone is 3. The molecule has 0 spiro atoms. The molecule has 0 fully saturated rings. The topological polar surface area (TPSA) is 26.3 Å². The molecule has 0 aliphatic rings. The fourth-order valence-electron chi connectivity index (χ4n) is 0.660. The highest BCUT2D eigenvalue weighted by Crippen LogP contribution is 2.07. The summed E-state index contributed by atoms with van der Waals surface area (Å²) in [5, 5.41) is 0. The highest BCUT2D eigenvalue weighted by molar-refractivity contribution is 5.89. The summed E-state index contributed by atoms with van der Waals surface area (Å²) in [4.78, 5) is 10.9. The van der Waals surface area contributed by atoms with Crippen LogP contribution in [0.15, 0.2) is 36.5 Å². The molecule has 0 aromatic heterocycles. The summed E-state index contributed by atoms with van der Waals surface area (Å²) in [5.74, 6) is -0.347. The van der Waals surface area contributed by atoms with Crippen molar-refractivity contribution in [1.82, 2.24) is 0 Å². The molecule has 0 unspecified atom stereocenters. The Hall–Kier alpha value is -1.31. The summed E-state index contributed by atoms with van der Waals surface area (Å²) in [6.07, 6.45) is 3.14.